The van der Waals surface area contributed by atoms with Crippen LogP contribution >= 0.6 is 11.8 Å². The predicted molar refractivity (Wildman–Crippen MR) is 143 cm³/mol. The number of fused-ring (bicyclic) bond motifs is 4. The lowest BCUT2D eigenvalue weighted by atomic mass is 9.62. The highest BCUT2D eigenvalue weighted by molar-refractivity contribution is 8.00. The minimum absolute atomic E-state index is 0.0180. The van der Waals surface area contributed by atoms with Gasteiger partial charge in [-0.1, -0.05) is 79.6 Å². The van der Waals surface area contributed by atoms with Crippen LogP contribution in [0.1, 0.15) is 50.2 Å². The second-order valence-electron chi connectivity index (χ2n) is 9.61. The normalized spacial score (nSPS) is 16.7. The van der Waals surface area contributed by atoms with Gasteiger partial charge in [0.15, 0.2) is 5.16 Å². The fraction of sp³-hybridized carbons (Fsp3) is 0.345. The number of carbonyl (C=O) groups is 1. The van der Waals surface area contributed by atoms with Gasteiger partial charge in [-0.15, -0.1) is 6.58 Å². The molecule has 6 heteroatoms. The molecule has 1 heterocycles. The number of nitrogens with one attached hydrogen (secondary N) is 1. The molecule has 1 unspecified atom stereocenters. The molecule has 1 spiro atoms. The van der Waals surface area contributed by atoms with Crippen LogP contribution in [-0.2, 0) is 23.2 Å². The maximum absolute atomic E-state index is 14.1. The van der Waals surface area contributed by atoms with Gasteiger partial charge in [-0.05, 0) is 43.9 Å². The summed E-state index contributed by atoms with van der Waals surface area (Å²) in [5.41, 5.74) is 4.59. The topological polar surface area (TPSA) is 64.0 Å². The van der Waals surface area contributed by atoms with Crippen LogP contribution in [0.3, 0.4) is 0 Å². The summed E-state index contributed by atoms with van der Waals surface area (Å²) in [6.07, 6.45) is 8.14. The van der Waals surface area contributed by atoms with Crippen molar-refractivity contribution in [2.24, 2.45) is 0 Å². The molecule has 0 radical (unpaired) electrons. The molecule has 1 amide bonds. The molecule has 1 atom stereocenters. The average molecular weight is 486 g/mol. The molecular weight excluding hydrogens is 454 g/mol. The molecular formula is C29H31N3O2S. The quantitative estimate of drug-likeness (QED) is 0.265. The number of amides is 1. The Bertz CT molecular complexity index is 1310. The molecule has 0 saturated heterocycles. The van der Waals surface area contributed by atoms with Crippen molar-refractivity contribution in [1.29, 1.82) is 0 Å². The molecule has 2 aromatic carbocycles. The van der Waals surface area contributed by atoms with Crippen LogP contribution in [0.25, 0.3) is 11.3 Å². The summed E-state index contributed by atoms with van der Waals surface area (Å²) in [5, 5.41) is 3.09. The Labute approximate surface area is 210 Å². The van der Waals surface area contributed by atoms with Crippen LogP contribution in [0.2, 0.25) is 0 Å². The van der Waals surface area contributed by atoms with Gasteiger partial charge in [0.05, 0.1) is 16.5 Å². The van der Waals surface area contributed by atoms with Crippen LogP contribution in [0.4, 0.5) is 5.69 Å². The second-order valence-corrected chi connectivity index (χ2v) is 10.9. The van der Waals surface area contributed by atoms with Crippen molar-refractivity contribution in [2.45, 2.75) is 67.8 Å². The molecule has 0 aliphatic heterocycles. The maximum atomic E-state index is 14.1. The van der Waals surface area contributed by atoms with Gasteiger partial charge in [0.25, 0.3) is 5.56 Å². The predicted octanol–water partition coefficient (Wildman–Crippen LogP) is 5.97. The maximum Gasteiger partial charge on any atom is 0.258 e. The van der Waals surface area contributed by atoms with E-state index in [1.165, 1.54) is 23.7 Å². The molecule has 1 fully saturated rings. The van der Waals surface area contributed by atoms with Crippen LogP contribution < -0.4 is 10.9 Å². The van der Waals surface area contributed by atoms with Crippen LogP contribution in [-0.4, -0.2) is 20.7 Å². The van der Waals surface area contributed by atoms with Crippen molar-refractivity contribution in [2.75, 3.05) is 5.32 Å². The van der Waals surface area contributed by atoms with E-state index in [9.17, 15) is 9.59 Å². The summed E-state index contributed by atoms with van der Waals surface area (Å²) in [5.74, 6) is -0.123. The number of benzene rings is 2. The lowest BCUT2D eigenvalue weighted by Crippen LogP contribution is -2.43. The Balaban J connectivity index is 1.58. The zero-order valence-electron chi connectivity index (χ0n) is 20.1. The molecule has 180 valence electrons. The molecule has 5 nitrogen and oxygen atoms in total. The molecule has 35 heavy (non-hydrogen) atoms. The van der Waals surface area contributed by atoms with Gasteiger partial charge < -0.3 is 5.32 Å². The largest absolute Gasteiger partial charge is 0.325 e. The number of aromatic nitrogens is 2. The first-order valence-electron chi connectivity index (χ1n) is 12.4. The molecule has 0 bridgehead atoms. The molecule has 2 aliphatic carbocycles. The van der Waals surface area contributed by atoms with Crippen molar-refractivity contribution in [3.05, 3.63) is 88.7 Å². The molecule has 1 N–H and O–H groups in total. The zero-order valence-corrected chi connectivity index (χ0v) is 20.9. The minimum atomic E-state index is -0.432. The van der Waals surface area contributed by atoms with E-state index < -0.39 is 5.25 Å². The lowest BCUT2D eigenvalue weighted by molar-refractivity contribution is -0.115. The SMILES string of the molecule is C=CCn1c(SC(C)C(=O)Nc2ccccc2)nc2c(c1=O)C1(CCCCC1)Cc1ccccc1-2. The van der Waals surface area contributed by atoms with E-state index in [4.69, 9.17) is 4.98 Å². The van der Waals surface area contributed by atoms with Gasteiger partial charge in [-0.2, -0.15) is 0 Å². The zero-order chi connectivity index (χ0) is 24.4. The van der Waals surface area contributed by atoms with E-state index in [1.54, 1.807) is 10.6 Å². The summed E-state index contributed by atoms with van der Waals surface area (Å²) in [4.78, 5) is 32.2. The summed E-state index contributed by atoms with van der Waals surface area (Å²) < 4.78 is 1.72. The van der Waals surface area contributed by atoms with E-state index in [0.717, 1.165) is 54.6 Å². The Kier molecular flexibility index (Phi) is 6.65. The van der Waals surface area contributed by atoms with Crippen molar-refractivity contribution < 1.29 is 4.79 Å². The Morgan fingerprint density at radius 1 is 1.14 bits per heavy atom. The summed E-state index contributed by atoms with van der Waals surface area (Å²) >= 11 is 1.33. The molecule has 1 aromatic heterocycles. The second kappa shape index (κ2) is 9.86. The summed E-state index contributed by atoms with van der Waals surface area (Å²) in [7, 11) is 0. The van der Waals surface area contributed by atoms with E-state index in [1.807, 2.05) is 43.3 Å². The van der Waals surface area contributed by atoms with Gasteiger partial charge >= 0.3 is 0 Å². The van der Waals surface area contributed by atoms with Gasteiger partial charge in [0.1, 0.15) is 0 Å². The van der Waals surface area contributed by atoms with Gasteiger partial charge in [0, 0.05) is 23.2 Å². The molecule has 5 rings (SSSR count). The minimum Gasteiger partial charge on any atom is -0.325 e. The fourth-order valence-corrected chi connectivity index (χ4v) is 6.49. The lowest BCUT2D eigenvalue weighted by Gasteiger charge is -2.42. The number of hydrogen-bond acceptors (Lipinski definition) is 4. The van der Waals surface area contributed by atoms with Gasteiger partial charge in [-0.25, -0.2) is 4.98 Å². The van der Waals surface area contributed by atoms with Crippen LogP contribution in [0.15, 0.2) is 77.2 Å². The number of para-hydroxylation sites is 1. The average Bonchev–Trinajstić information content (AvgIpc) is 2.87. The standard InChI is InChI=1S/C29H31N3O2S/c1-3-18-32-27(34)24-25(23-15-9-8-12-21(23)19-29(24)16-10-5-11-17-29)31-28(32)35-20(2)26(33)30-22-13-6-4-7-14-22/h3-4,6-9,12-15,20H,1,5,10-11,16-19H2,2H3,(H,30,33). The van der Waals surface area contributed by atoms with E-state index in [-0.39, 0.29) is 16.9 Å². The summed E-state index contributed by atoms with van der Waals surface area (Å²) in [6, 6.07) is 17.8. The number of thioether (sulfide) groups is 1. The number of hydrogen-bond donors (Lipinski definition) is 1. The third kappa shape index (κ3) is 4.47. The van der Waals surface area contributed by atoms with Gasteiger partial charge in [-0.3, -0.25) is 14.2 Å². The van der Waals surface area contributed by atoms with Crippen molar-refractivity contribution in [3.8, 4) is 11.3 Å². The highest BCUT2D eigenvalue weighted by atomic mass is 32.2. The number of rotatable bonds is 6. The third-order valence-electron chi connectivity index (χ3n) is 7.28. The van der Waals surface area contributed by atoms with Crippen molar-refractivity contribution in [3.63, 3.8) is 0 Å². The number of anilines is 1. The Hall–Kier alpha value is -3.12. The fourth-order valence-electron chi connectivity index (χ4n) is 5.58. The Morgan fingerprint density at radius 2 is 1.86 bits per heavy atom. The first kappa shape index (κ1) is 23.6. The van der Waals surface area contributed by atoms with Crippen molar-refractivity contribution in [1.82, 2.24) is 9.55 Å². The Morgan fingerprint density at radius 3 is 2.60 bits per heavy atom. The smallest absolute Gasteiger partial charge is 0.258 e. The monoisotopic (exact) mass is 485 g/mol. The molecule has 3 aromatic rings. The highest BCUT2D eigenvalue weighted by Gasteiger charge is 2.43. The summed E-state index contributed by atoms with van der Waals surface area (Å²) in [6.45, 7) is 6.10. The first-order chi connectivity index (χ1) is 17.0. The number of allylic oxidation sites excluding steroid dienone is 1. The molecule has 1 saturated carbocycles. The number of nitrogens with zero attached hydrogens (tertiary/aromatic N) is 2. The van der Waals surface area contributed by atoms with E-state index >= 15 is 0 Å². The third-order valence-corrected chi connectivity index (χ3v) is 8.37. The van der Waals surface area contributed by atoms with E-state index in [2.05, 4.69) is 30.1 Å². The van der Waals surface area contributed by atoms with E-state index in [0.29, 0.717) is 11.7 Å². The van der Waals surface area contributed by atoms with Crippen LogP contribution in [0, 0.1) is 0 Å². The number of carbonyl (C=O) groups excluding carboxylic acids is 1. The first-order valence-corrected chi connectivity index (χ1v) is 13.3. The highest BCUT2D eigenvalue weighted by Crippen LogP contribution is 2.48. The molecule has 2 aliphatic rings. The van der Waals surface area contributed by atoms with Gasteiger partial charge in [0.2, 0.25) is 5.91 Å². The van der Waals surface area contributed by atoms with Crippen LogP contribution in [0.5, 0.6) is 0 Å². The van der Waals surface area contributed by atoms with Crippen molar-refractivity contribution >= 4 is 23.4 Å².